The molecule has 21 heavy (non-hydrogen) atoms. The summed E-state index contributed by atoms with van der Waals surface area (Å²) < 4.78 is 0. The average Bonchev–Trinajstić information content (AvgIpc) is 2.43. The predicted molar refractivity (Wildman–Crippen MR) is 79.1 cm³/mol. The van der Waals surface area contributed by atoms with Gasteiger partial charge < -0.3 is 5.73 Å². The maximum atomic E-state index is 12.1. The largest absolute Gasteiger partial charge is 0.366 e. The topological polar surface area (TPSA) is 89.3 Å². The summed E-state index contributed by atoms with van der Waals surface area (Å²) in [7, 11) is 0. The second-order valence-corrected chi connectivity index (χ2v) is 4.49. The van der Waals surface area contributed by atoms with Crippen molar-refractivity contribution in [3.05, 3.63) is 65.8 Å². The molecule has 1 heterocycles. The molecule has 0 saturated heterocycles. The summed E-state index contributed by atoms with van der Waals surface area (Å²) in [6.45, 7) is 7.22. The van der Waals surface area contributed by atoms with Crippen LogP contribution in [0.15, 0.2) is 49.1 Å². The van der Waals surface area contributed by atoms with Crippen molar-refractivity contribution in [1.29, 1.82) is 0 Å². The van der Waals surface area contributed by atoms with Gasteiger partial charge in [-0.3, -0.25) is 19.7 Å². The van der Waals surface area contributed by atoms with E-state index in [1.165, 1.54) is 12.2 Å². The SMILES string of the molecule is C=C/C(C(N)=O)=C(\C=C)c1cccc2c1C(=O)NC(=O)C2. The van der Waals surface area contributed by atoms with Gasteiger partial charge in [-0.05, 0) is 16.7 Å². The van der Waals surface area contributed by atoms with E-state index < -0.39 is 11.8 Å². The number of nitrogens with one attached hydrogen (secondary N) is 1. The zero-order chi connectivity index (χ0) is 15.6. The second-order valence-electron chi connectivity index (χ2n) is 4.49. The van der Waals surface area contributed by atoms with E-state index in [-0.39, 0.29) is 17.9 Å². The average molecular weight is 282 g/mol. The number of rotatable bonds is 4. The molecule has 3 amide bonds. The Bertz CT molecular complexity index is 714. The highest BCUT2D eigenvalue weighted by atomic mass is 16.2. The molecule has 106 valence electrons. The molecule has 1 aliphatic heterocycles. The lowest BCUT2D eigenvalue weighted by Gasteiger charge is -2.19. The number of hydrogen-bond acceptors (Lipinski definition) is 3. The first-order chi connectivity index (χ1) is 9.99. The lowest BCUT2D eigenvalue weighted by Crippen LogP contribution is -2.38. The maximum Gasteiger partial charge on any atom is 0.258 e. The maximum absolute atomic E-state index is 12.1. The molecular formula is C16H14N2O3. The number of nitrogens with two attached hydrogens (primary N) is 1. The zero-order valence-corrected chi connectivity index (χ0v) is 11.3. The van der Waals surface area contributed by atoms with Crippen molar-refractivity contribution >= 4 is 23.3 Å². The first kappa shape index (κ1) is 14.5. The molecule has 1 aromatic carbocycles. The standard InChI is InChI=1S/C16H14N2O3/c1-3-10(11(4-2)15(17)20)12-7-5-6-9-8-13(19)18-16(21)14(9)12/h3-7H,1-2,8H2,(H2,17,20)(H,18,19,21)/b11-10-. The van der Waals surface area contributed by atoms with Crippen LogP contribution in [-0.2, 0) is 16.0 Å². The highest BCUT2D eigenvalue weighted by Crippen LogP contribution is 2.28. The molecule has 2 rings (SSSR count). The zero-order valence-electron chi connectivity index (χ0n) is 11.3. The van der Waals surface area contributed by atoms with Gasteiger partial charge in [0, 0.05) is 5.57 Å². The summed E-state index contributed by atoms with van der Waals surface area (Å²) in [6.07, 6.45) is 2.88. The Morgan fingerprint density at radius 1 is 1.24 bits per heavy atom. The van der Waals surface area contributed by atoms with Crippen LogP contribution < -0.4 is 11.1 Å². The molecule has 0 fully saturated rings. The molecule has 1 aliphatic rings. The number of primary amides is 1. The number of hydrogen-bond donors (Lipinski definition) is 2. The van der Waals surface area contributed by atoms with Gasteiger partial charge in [0.1, 0.15) is 0 Å². The minimum Gasteiger partial charge on any atom is -0.366 e. The van der Waals surface area contributed by atoms with E-state index in [1.807, 2.05) is 0 Å². The molecule has 0 atom stereocenters. The van der Waals surface area contributed by atoms with E-state index in [2.05, 4.69) is 18.5 Å². The van der Waals surface area contributed by atoms with Gasteiger partial charge in [-0.25, -0.2) is 0 Å². The molecule has 0 aliphatic carbocycles. The molecule has 0 aromatic heterocycles. The molecule has 3 N–H and O–H groups in total. The number of benzene rings is 1. The van der Waals surface area contributed by atoms with Crippen molar-refractivity contribution in [3.63, 3.8) is 0 Å². The third kappa shape index (κ3) is 2.53. The first-order valence-corrected chi connectivity index (χ1v) is 6.25. The quantitative estimate of drug-likeness (QED) is 0.492. The van der Waals surface area contributed by atoms with Gasteiger partial charge in [-0.15, -0.1) is 0 Å². The van der Waals surface area contributed by atoms with E-state index in [0.717, 1.165) is 0 Å². The summed E-state index contributed by atoms with van der Waals surface area (Å²) in [5, 5.41) is 2.26. The van der Waals surface area contributed by atoms with E-state index >= 15 is 0 Å². The van der Waals surface area contributed by atoms with Crippen LogP contribution in [0.1, 0.15) is 21.5 Å². The van der Waals surface area contributed by atoms with Crippen LogP contribution in [0.5, 0.6) is 0 Å². The van der Waals surface area contributed by atoms with Gasteiger partial charge in [0.15, 0.2) is 0 Å². The Balaban J connectivity index is 2.76. The van der Waals surface area contributed by atoms with Crippen LogP contribution in [0.3, 0.4) is 0 Å². The molecule has 0 spiro atoms. The minimum absolute atomic E-state index is 0.110. The summed E-state index contributed by atoms with van der Waals surface area (Å²) in [5.41, 5.74) is 7.37. The number of amides is 3. The monoisotopic (exact) mass is 282 g/mol. The van der Waals surface area contributed by atoms with Crippen molar-refractivity contribution in [2.75, 3.05) is 0 Å². The van der Waals surface area contributed by atoms with Crippen molar-refractivity contribution < 1.29 is 14.4 Å². The number of carbonyl (C=O) groups excluding carboxylic acids is 3. The Morgan fingerprint density at radius 3 is 2.52 bits per heavy atom. The molecule has 0 bridgehead atoms. The molecule has 5 heteroatoms. The fraction of sp³-hybridized carbons (Fsp3) is 0.0625. The van der Waals surface area contributed by atoms with Crippen molar-refractivity contribution in [3.8, 4) is 0 Å². The smallest absolute Gasteiger partial charge is 0.258 e. The second kappa shape index (κ2) is 5.58. The molecule has 0 unspecified atom stereocenters. The summed E-state index contributed by atoms with van der Waals surface area (Å²) >= 11 is 0. The van der Waals surface area contributed by atoms with Gasteiger partial charge in [0.2, 0.25) is 11.8 Å². The van der Waals surface area contributed by atoms with Crippen LogP contribution in [0.25, 0.3) is 5.57 Å². The Hall–Kier alpha value is -2.95. The minimum atomic E-state index is -0.662. The normalized spacial score (nSPS) is 14.7. The molecule has 1 aromatic rings. The van der Waals surface area contributed by atoms with Gasteiger partial charge in [-0.2, -0.15) is 0 Å². The van der Waals surface area contributed by atoms with E-state index in [1.54, 1.807) is 18.2 Å². The number of imide groups is 1. The highest BCUT2D eigenvalue weighted by molar-refractivity contribution is 6.14. The Morgan fingerprint density at radius 2 is 1.95 bits per heavy atom. The predicted octanol–water partition coefficient (Wildman–Crippen LogP) is 1.11. The molecule has 0 radical (unpaired) electrons. The van der Waals surface area contributed by atoms with Gasteiger partial charge in [0.25, 0.3) is 5.91 Å². The van der Waals surface area contributed by atoms with E-state index in [0.29, 0.717) is 22.3 Å². The molecule has 5 nitrogen and oxygen atoms in total. The summed E-state index contributed by atoms with van der Waals surface area (Å²) in [4.78, 5) is 35.0. The molecule has 0 saturated carbocycles. The van der Waals surface area contributed by atoms with Crippen molar-refractivity contribution in [1.82, 2.24) is 5.32 Å². The van der Waals surface area contributed by atoms with Gasteiger partial charge in [0.05, 0.1) is 12.0 Å². The van der Waals surface area contributed by atoms with Gasteiger partial charge in [-0.1, -0.05) is 43.5 Å². The summed E-state index contributed by atoms with van der Waals surface area (Å²) in [6, 6.07) is 5.09. The third-order valence-corrected chi connectivity index (χ3v) is 3.24. The van der Waals surface area contributed by atoms with Crippen LogP contribution in [-0.4, -0.2) is 17.7 Å². The number of allylic oxidation sites excluding steroid dienone is 2. The lowest BCUT2D eigenvalue weighted by molar-refractivity contribution is -0.119. The third-order valence-electron chi connectivity index (χ3n) is 3.24. The van der Waals surface area contributed by atoms with Gasteiger partial charge >= 0.3 is 0 Å². The van der Waals surface area contributed by atoms with Crippen molar-refractivity contribution in [2.24, 2.45) is 5.73 Å². The van der Waals surface area contributed by atoms with Crippen LogP contribution in [0.2, 0.25) is 0 Å². The molecular weight excluding hydrogens is 268 g/mol. The van der Waals surface area contributed by atoms with E-state index in [9.17, 15) is 14.4 Å². The fourth-order valence-corrected chi connectivity index (χ4v) is 2.35. The summed E-state index contributed by atoms with van der Waals surface area (Å²) in [5.74, 6) is -1.51. The highest BCUT2D eigenvalue weighted by Gasteiger charge is 2.26. The Kier molecular flexibility index (Phi) is 3.84. The first-order valence-electron chi connectivity index (χ1n) is 6.25. The Labute approximate surface area is 121 Å². The van der Waals surface area contributed by atoms with E-state index in [4.69, 9.17) is 5.73 Å². The van der Waals surface area contributed by atoms with Crippen LogP contribution in [0.4, 0.5) is 0 Å². The van der Waals surface area contributed by atoms with Crippen LogP contribution >= 0.6 is 0 Å². The number of carbonyl (C=O) groups is 3. The number of fused-ring (bicyclic) bond motifs is 1. The fourth-order valence-electron chi connectivity index (χ4n) is 2.35. The van der Waals surface area contributed by atoms with Crippen LogP contribution in [0, 0.1) is 0 Å². The lowest BCUT2D eigenvalue weighted by atomic mass is 9.89. The van der Waals surface area contributed by atoms with Crippen molar-refractivity contribution in [2.45, 2.75) is 6.42 Å².